The van der Waals surface area contributed by atoms with Crippen LogP contribution in [0.3, 0.4) is 0 Å². The summed E-state index contributed by atoms with van der Waals surface area (Å²) in [5.41, 5.74) is 0.843. The first-order valence-electron chi connectivity index (χ1n) is 7.37. The van der Waals surface area contributed by atoms with Crippen molar-refractivity contribution in [3.8, 4) is 17.6 Å². The molecule has 1 unspecified atom stereocenters. The van der Waals surface area contributed by atoms with Gasteiger partial charge in [-0.1, -0.05) is 17.9 Å². The summed E-state index contributed by atoms with van der Waals surface area (Å²) in [4.78, 5) is 2.40. The summed E-state index contributed by atoms with van der Waals surface area (Å²) in [5, 5.41) is 8.71. The van der Waals surface area contributed by atoms with Gasteiger partial charge >= 0.3 is 0 Å². The summed E-state index contributed by atoms with van der Waals surface area (Å²) >= 11 is 0. The molecule has 4 heteroatoms. The predicted molar refractivity (Wildman–Crippen MR) is 82.3 cm³/mol. The number of hydrogen-bond donors (Lipinski definition) is 1. The largest absolute Gasteiger partial charge is 0.491 e. The van der Waals surface area contributed by atoms with E-state index in [0.717, 1.165) is 31.0 Å². The highest BCUT2D eigenvalue weighted by Crippen LogP contribution is 2.15. The van der Waals surface area contributed by atoms with E-state index >= 15 is 0 Å². The molecule has 2 rings (SSSR count). The molecule has 114 valence electrons. The van der Waals surface area contributed by atoms with E-state index < -0.39 is 0 Å². The Morgan fingerprint density at radius 2 is 2.33 bits per heavy atom. The zero-order valence-corrected chi connectivity index (χ0v) is 12.7. The maximum absolute atomic E-state index is 8.71. The van der Waals surface area contributed by atoms with Gasteiger partial charge in [-0.2, -0.15) is 0 Å². The monoisotopic (exact) mass is 289 g/mol. The summed E-state index contributed by atoms with van der Waals surface area (Å²) in [6.45, 7) is 7.46. The lowest BCUT2D eigenvalue weighted by molar-refractivity contribution is -0.0564. The molecule has 1 N–H and O–H groups in total. The topological polar surface area (TPSA) is 41.9 Å². The van der Waals surface area contributed by atoms with E-state index in [4.69, 9.17) is 14.6 Å². The Kier molecular flexibility index (Phi) is 6.06. The van der Waals surface area contributed by atoms with Gasteiger partial charge < -0.3 is 14.6 Å². The third-order valence-corrected chi connectivity index (χ3v) is 3.48. The van der Waals surface area contributed by atoms with E-state index in [-0.39, 0.29) is 12.7 Å². The van der Waals surface area contributed by atoms with Crippen molar-refractivity contribution in [1.82, 2.24) is 4.90 Å². The standard InChI is InChI=1S/C17H23NO3/c1-14(2)18-8-10-20-17(12-18)13-21-16-7-3-5-15(11-16)6-4-9-19/h3,5,7,11,14,17,19H,8-10,12-13H2,1-2H3. The van der Waals surface area contributed by atoms with Crippen LogP contribution in [0.2, 0.25) is 0 Å². The Balaban J connectivity index is 1.88. The molecule has 0 aliphatic carbocycles. The zero-order valence-electron chi connectivity index (χ0n) is 12.7. The minimum absolute atomic E-state index is 0.105. The maximum Gasteiger partial charge on any atom is 0.120 e. The van der Waals surface area contributed by atoms with Gasteiger partial charge in [0.2, 0.25) is 0 Å². The lowest BCUT2D eigenvalue weighted by Gasteiger charge is -2.35. The predicted octanol–water partition coefficient (Wildman–Crippen LogP) is 1.52. The number of hydrogen-bond acceptors (Lipinski definition) is 4. The van der Waals surface area contributed by atoms with Gasteiger partial charge in [-0.25, -0.2) is 0 Å². The van der Waals surface area contributed by atoms with Crippen LogP contribution >= 0.6 is 0 Å². The van der Waals surface area contributed by atoms with E-state index in [9.17, 15) is 0 Å². The fraction of sp³-hybridized carbons (Fsp3) is 0.529. The van der Waals surface area contributed by atoms with E-state index in [1.165, 1.54) is 0 Å². The Morgan fingerprint density at radius 3 is 3.10 bits per heavy atom. The van der Waals surface area contributed by atoms with Crippen molar-refractivity contribution >= 4 is 0 Å². The molecule has 21 heavy (non-hydrogen) atoms. The lowest BCUT2D eigenvalue weighted by Crippen LogP contribution is -2.47. The molecule has 4 nitrogen and oxygen atoms in total. The van der Waals surface area contributed by atoms with Crippen LogP contribution in [-0.4, -0.2) is 55.1 Å². The molecule has 0 radical (unpaired) electrons. The van der Waals surface area contributed by atoms with Gasteiger partial charge in [-0.05, 0) is 32.0 Å². The summed E-state index contributed by atoms with van der Waals surface area (Å²) in [5.74, 6) is 6.29. The van der Waals surface area contributed by atoms with Gasteiger partial charge in [-0.3, -0.25) is 4.90 Å². The third kappa shape index (κ3) is 5.05. The van der Waals surface area contributed by atoms with Crippen molar-refractivity contribution in [2.24, 2.45) is 0 Å². The van der Waals surface area contributed by atoms with Crippen molar-refractivity contribution in [3.05, 3.63) is 29.8 Å². The minimum atomic E-state index is -0.133. The smallest absolute Gasteiger partial charge is 0.120 e. The molecule has 1 atom stereocenters. The summed E-state index contributed by atoms with van der Waals surface area (Å²) in [6, 6.07) is 8.12. The summed E-state index contributed by atoms with van der Waals surface area (Å²) in [7, 11) is 0. The number of aliphatic hydroxyl groups is 1. The Bertz CT molecular complexity index is 504. The molecule has 1 saturated heterocycles. The third-order valence-electron chi connectivity index (χ3n) is 3.48. The summed E-state index contributed by atoms with van der Waals surface area (Å²) in [6.07, 6.45) is 0.105. The molecule has 0 aromatic heterocycles. The number of nitrogens with zero attached hydrogens (tertiary/aromatic N) is 1. The lowest BCUT2D eigenvalue weighted by atomic mass is 10.2. The van der Waals surface area contributed by atoms with E-state index in [2.05, 4.69) is 30.6 Å². The molecule has 1 aromatic rings. The molecule has 1 heterocycles. The van der Waals surface area contributed by atoms with Crippen molar-refractivity contribution in [2.45, 2.75) is 26.0 Å². The first-order valence-corrected chi connectivity index (χ1v) is 7.37. The Morgan fingerprint density at radius 1 is 1.48 bits per heavy atom. The summed E-state index contributed by atoms with van der Waals surface area (Å²) < 4.78 is 11.6. The van der Waals surface area contributed by atoms with Crippen molar-refractivity contribution in [3.63, 3.8) is 0 Å². The van der Waals surface area contributed by atoms with Gasteiger partial charge in [0.15, 0.2) is 0 Å². The number of morpholine rings is 1. The van der Waals surface area contributed by atoms with Gasteiger partial charge in [0, 0.05) is 24.7 Å². The molecular weight excluding hydrogens is 266 g/mol. The van der Waals surface area contributed by atoms with Gasteiger partial charge in [0.1, 0.15) is 25.1 Å². The highest BCUT2D eigenvalue weighted by Gasteiger charge is 2.22. The van der Waals surface area contributed by atoms with Gasteiger partial charge in [0.25, 0.3) is 0 Å². The van der Waals surface area contributed by atoms with Crippen LogP contribution in [0.1, 0.15) is 19.4 Å². The first-order chi connectivity index (χ1) is 10.2. The van der Waals surface area contributed by atoms with Crippen LogP contribution in [0, 0.1) is 11.8 Å². The highest BCUT2D eigenvalue weighted by molar-refractivity contribution is 5.39. The molecular formula is C17H23NO3. The molecule has 0 amide bonds. The average molecular weight is 289 g/mol. The fourth-order valence-electron chi connectivity index (χ4n) is 2.31. The molecule has 0 spiro atoms. The second-order valence-corrected chi connectivity index (χ2v) is 5.38. The molecule has 0 saturated carbocycles. The Hall–Kier alpha value is -1.54. The van der Waals surface area contributed by atoms with Crippen LogP contribution in [0.5, 0.6) is 5.75 Å². The van der Waals surface area contributed by atoms with Crippen molar-refractivity contribution < 1.29 is 14.6 Å². The normalized spacial score (nSPS) is 19.1. The van der Waals surface area contributed by atoms with Gasteiger partial charge in [-0.15, -0.1) is 0 Å². The second-order valence-electron chi connectivity index (χ2n) is 5.38. The van der Waals surface area contributed by atoms with Crippen LogP contribution < -0.4 is 4.74 Å². The van der Waals surface area contributed by atoms with Crippen LogP contribution in [0.25, 0.3) is 0 Å². The number of rotatable bonds is 4. The van der Waals surface area contributed by atoms with E-state index in [1.54, 1.807) is 0 Å². The maximum atomic E-state index is 8.71. The van der Waals surface area contributed by atoms with Crippen molar-refractivity contribution in [2.75, 3.05) is 32.9 Å². The van der Waals surface area contributed by atoms with E-state index in [0.29, 0.717) is 12.6 Å². The highest BCUT2D eigenvalue weighted by atomic mass is 16.5. The fourth-order valence-corrected chi connectivity index (χ4v) is 2.31. The SMILES string of the molecule is CC(C)N1CCOC(COc2cccc(C#CCO)c2)C1. The zero-order chi connectivity index (χ0) is 15.1. The molecule has 1 aliphatic heterocycles. The molecule has 1 aromatic carbocycles. The average Bonchev–Trinajstić information content (AvgIpc) is 2.51. The van der Waals surface area contributed by atoms with Crippen LogP contribution in [0.4, 0.5) is 0 Å². The first kappa shape index (κ1) is 15.8. The van der Waals surface area contributed by atoms with Gasteiger partial charge in [0.05, 0.1) is 6.61 Å². The second kappa shape index (κ2) is 8.04. The number of aliphatic hydroxyl groups excluding tert-OH is 1. The van der Waals surface area contributed by atoms with Crippen LogP contribution in [-0.2, 0) is 4.74 Å². The minimum Gasteiger partial charge on any atom is -0.491 e. The van der Waals surface area contributed by atoms with Crippen LogP contribution in [0.15, 0.2) is 24.3 Å². The Labute approximate surface area is 126 Å². The molecule has 1 aliphatic rings. The number of ether oxygens (including phenoxy) is 2. The molecule has 1 fully saturated rings. The molecule has 0 bridgehead atoms. The quantitative estimate of drug-likeness (QED) is 0.853. The number of benzene rings is 1. The van der Waals surface area contributed by atoms with E-state index in [1.807, 2.05) is 24.3 Å². The van der Waals surface area contributed by atoms with Crippen molar-refractivity contribution in [1.29, 1.82) is 0 Å².